The zero-order valence-corrected chi connectivity index (χ0v) is 21.3. The largest absolute Gasteiger partial charge is 0.493 e. The van der Waals surface area contributed by atoms with E-state index < -0.39 is 10.0 Å². The molecular weight excluding hydrogens is 486 g/mol. The number of benzene rings is 3. The Hall–Kier alpha value is -3.75. The van der Waals surface area contributed by atoms with Crippen LogP contribution in [0.2, 0.25) is 0 Å². The topological polar surface area (TPSA) is 67.9 Å². The van der Waals surface area contributed by atoms with Crippen LogP contribution in [0.5, 0.6) is 5.75 Å². The highest BCUT2D eigenvalue weighted by molar-refractivity contribution is 7.90. The van der Waals surface area contributed by atoms with Crippen LogP contribution in [0.25, 0.3) is 21.9 Å². The molecule has 1 saturated heterocycles. The third-order valence-electron chi connectivity index (χ3n) is 7.00. The molecule has 8 heteroatoms. The Morgan fingerprint density at radius 3 is 2.54 bits per heavy atom. The molecule has 0 amide bonds. The maximum absolute atomic E-state index is 13.2. The maximum atomic E-state index is 13.2. The predicted octanol–water partition coefficient (Wildman–Crippen LogP) is 5.22. The van der Waals surface area contributed by atoms with E-state index in [1.54, 1.807) is 36.7 Å². The van der Waals surface area contributed by atoms with Gasteiger partial charge in [0.15, 0.2) is 0 Å². The zero-order chi connectivity index (χ0) is 25.2. The van der Waals surface area contributed by atoms with E-state index in [-0.39, 0.29) is 4.90 Å². The number of piperazine rings is 1. The summed E-state index contributed by atoms with van der Waals surface area (Å²) in [5.41, 5.74) is 2.63. The minimum atomic E-state index is -3.65. The molecule has 2 aromatic heterocycles. The SMILES string of the molecule is O=S(=O)(c1ccccc1)n1ccc2c(N3CCN(CCCOc4ccc5ccoc5c4)CC3)cccc21. The molecule has 0 atom stereocenters. The lowest BCUT2D eigenvalue weighted by Gasteiger charge is -2.36. The van der Waals surface area contributed by atoms with Crippen LogP contribution >= 0.6 is 0 Å². The monoisotopic (exact) mass is 515 g/mol. The molecule has 3 heterocycles. The zero-order valence-electron chi connectivity index (χ0n) is 20.5. The lowest BCUT2D eigenvalue weighted by Crippen LogP contribution is -2.46. The normalized spacial score (nSPS) is 15.0. The van der Waals surface area contributed by atoms with E-state index in [0.29, 0.717) is 12.1 Å². The van der Waals surface area contributed by atoms with Gasteiger partial charge in [-0.3, -0.25) is 4.90 Å². The molecule has 0 bridgehead atoms. The van der Waals surface area contributed by atoms with Crippen molar-refractivity contribution in [2.24, 2.45) is 0 Å². The van der Waals surface area contributed by atoms with Crippen molar-refractivity contribution in [1.29, 1.82) is 0 Å². The molecular formula is C29H29N3O4S. The summed E-state index contributed by atoms with van der Waals surface area (Å²) in [7, 11) is -3.65. The number of ether oxygens (including phenoxy) is 1. The summed E-state index contributed by atoms with van der Waals surface area (Å²) in [5.74, 6) is 0.835. The van der Waals surface area contributed by atoms with Crippen LogP contribution in [0, 0.1) is 0 Å². The molecule has 1 aliphatic rings. The summed E-state index contributed by atoms with van der Waals surface area (Å²) in [6.07, 6.45) is 4.30. The van der Waals surface area contributed by atoms with E-state index in [0.717, 1.165) is 66.9 Å². The Kier molecular flexibility index (Phi) is 6.36. The van der Waals surface area contributed by atoms with Gasteiger partial charge < -0.3 is 14.1 Å². The first kappa shape index (κ1) is 23.6. The van der Waals surface area contributed by atoms with Gasteiger partial charge in [-0.1, -0.05) is 24.3 Å². The first-order valence-corrected chi connectivity index (χ1v) is 14.0. The molecule has 0 saturated carbocycles. The second-order valence-corrected chi connectivity index (χ2v) is 11.1. The maximum Gasteiger partial charge on any atom is 0.268 e. The van der Waals surface area contributed by atoms with Crippen molar-refractivity contribution >= 4 is 37.6 Å². The average Bonchev–Trinajstić information content (AvgIpc) is 3.59. The number of hydrogen-bond donors (Lipinski definition) is 0. The van der Waals surface area contributed by atoms with Crippen LogP contribution < -0.4 is 9.64 Å². The van der Waals surface area contributed by atoms with Gasteiger partial charge >= 0.3 is 0 Å². The highest BCUT2D eigenvalue weighted by atomic mass is 32.2. The van der Waals surface area contributed by atoms with Crippen molar-refractivity contribution in [2.75, 3.05) is 44.2 Å². The molecule has 0 N–H and O–H groups in total. The van der Waals surface area contributed by atoms with Crippen molar-refractivity contribution < 1.29 is 17.6 Å². The van der Waals surface area contributed by atoms with E-state index in [9.17, 15) is 8.42 Å². The van der Waals surface area contributed by atoms with E-state index in [2.05, 4.69) is 15.9 Å². The van der Waals surface area contributed by atoms with Gasteiger partial charge in [0.25, 0.3) is 10.0 Å². The summed E-state index contributed by atoms with van der Waals surface area (Å²) < 4.78 is 39.2. The van der Waals surface area contributed by atoms with Crippen LogP contribution in [0.1, 0.15) is 6.42 Å². The molecule has 0 radical (unpaired) electrons. The van der Waals surface area contributed by atoms with Gasteiger partial charge in [0.1, 0.15) is 11.3 Å². The van der Waals surface area contributed by atoms with Crippen molar-refractivity contribution in [3.05, 3.63) is 91.3 Å². The standard InChI is InChI=1S/C29H29N3O4S/c33-37(34,25-6-2-1-3-7-25)32-15-12-26-27(8-4-9-28(26)32)31-18-16-30(17-19-31)14-5-20-35-24-11-10-23-13-21-36-29(23)22-24/h1-4,6-13,15,21-22H,5,14,16-20H2. The first-order chi connectivity index (χ1) is 18.1. The molecule has 0 aliphatic carbocycles. The second kappa shape index (κ2) is 9.95. The minimum absolute atomic E-state index is 0.289. The fourth-order valence-corrected chi connectivity index (χ4v) is 6.40. The summed E-state index contributed by atoms with van der Waals surface area (Å²) in [5, 5.41) is 2.03. The molecule has 37 heavy (non-hydrogen) atoms. The molecule has 3 aromatic carbocycles. The number of hydrogen-bond acceptors (Lipinski definition) is 6. The molecule has 7 nitrogen and oxygen atoms in total. The lowest BCUT2D eigenvalue weighted by molar-refractivity contribution is 0.225. The van der Waals surface area contributed by atoms with Crippen LogP contribution in [0.3, 0.4) is 0 Å². The highest BCUT2D eigenvalue weighted by Gasteiger charge is 2.22. The number of nitrogens with zero attached hydrogens (tertiary/aromatic N) is 3. The molecule has 6 rings (SSSR count). The predicted molar refractivity (Wildman–Crippen MR) is 146 cm³/mol. The van der Waals surface area contributed by atoms with Gasteiger partial charge in [0.2, 0.25) is 0 Å². The van der Waals surface area contributed by atoms with Crippen molar-refractivity contribution in [3.8, 4) is 5.75 Å². The summed E-state index contributed by atoms with van der Waals surface area (Å²) in [6.45, 7) is 5.34. The van der Waals surface area contributed by atoms with Gasteiger partial charge in [-0.15, -0.1) is 0 Å². The number of fused-ring (bicyclic) bond motifs is 2. The fraction of sp³-hybridized carbons (Fsp3) is 0.241. The van der Waals surface area contributed by atoms with E-state index in [1.807, 2.05) is 48.5 Å². The van der Waals surface area contributed by atoms with Crippen LogP contribution in [0.4, 0.5) is 5.69 Å². The molecule has 0 spiro atoms. The van der Waals surface area contributed by atoms with Gasteiger partial charge in [0.05, 0.1) is 23.3 Å². The molecule has 0 unspecified atom stereocenters. The Morgan fingerprint density at radius 2 is 1.70 bits per heavy atom. The van der Waals surface area contributed by atoms with Crippen molar-refractivity contribution in [3.63, 3.8) is 0 Å². The first-order valence-electron chi connectivity index (χ1n) is 12.6. The summed E-state index contributed by atoms with van der Waals surface area (Å²) in [4.78, 5) is 5.10. The van der Waals surface area contributed by atoms with Crippen LogP contribution in [0.15, 0.2) is 101 Å². The lowest BCUT2D eigenvalue weighted by atomic mass is 10.1. The van der Waals surface area contributed by atoms with Crippen molar-refractivity contribution in [1.82, 2.24) is 8.87 Å². The quantitative estimate of drug-likeness (QED) is 0.264. The smallest absolute Gasteiger partial charge is 0.268 e. The summed E-state index contributed by atoms with van der Waals surface area (Å²) >= 11 is 0. The second-order valence-electron chi connectivity index (χ2n) is 9.29. The van der Waals surface area contributed by atoms with Crippen molar-refractivity contribution in [2.45, 2.75) is 11.3 Å². The molecule has 1 fully saturated rings. The van der Waals surface area contributed by atoms with Crippen LogP contribution in [-0.4, -0.2) is 56.6 Å². The fourth-order valence-electron chi connectivity index (χ4n) is 5.03. The Morgan fingerprint density at radius 1 is 0.865 bits per heavy atom. The van der Waals surface area contributed by atoms with Crippen LogP contribution in [-0.2, 0) is 10.0 Å². The Bertz CT molecular complexity index is 1620. The average molecular weight is 516 g/mol. The molecule has 190 valence electrons. The number of anilines is 1. The van der Waals surface area contributed by atoms with Gasteiger partial charge in [-0.25, -0.2) is 12.4 Å². The third kappa shape index (κ3) is 4.70. The van der Waals surface area contributed by atoms with Gasteiger partial charge in [-0.05, 0) is 55.0 Å². The van der Waals surface area contributed by atoms with E-state index >= 15 is 0 Å². The minimum Gasteiger partial charge on any atom is -0.493 e. The Balaban J connectivity index is 1.07. The number of furan rings is 1. The van der Waals surface area contributed by atoms with Gasteiger partial charge in [0, 0.05) is 61.4 Å². The molecule has 1 aliphatic heterocycles. The highest BCUT2D eigenvalue weighted by Crippen LogP contribution is 2.31. The van der Waals surface area contributed by atoms with E-state index in [4.69, 9.17) is 9.15 Å². The third-order valence-corrected chi connectivity index (χ3v) is 8.71. The number of rotatable bonds is 8. The number of aromatic nitrogens is 1. The van der Waals surface area contributed by atoms with Gasteiger partial charge in [-0.2, -0.15) is 0 Å². The van der Waals surface area contributed by atoms with E-state index in [1.165, 1.54) is 3.97 Å². The summed E-state index contributed by atoms with van der Waals surface area (Å²) in [6, 6.07) is 24.3. The molecule has 5 aromatic rings. The Labute approximate surface area is 216 Å².